The molecule has 1 aliphatic heterocycles. The molecule has 110 valence electrons. The molecule has 2 nitrogen and oxygen atoms in total. The van der Waals surface area contributed by atoms with Crippen LogP contribution in [0.3, 0.4) is 0 Å². The Morgan fingerprint density at radius 1 is 1.29 bits per heavy atom. The van der Waals surface area contributed by atoms with Crippen molar-refractivity contribution in [2.45, 2.75) is 13.1 Å². The normalized spacial score (nSPS) is 14.5. The Kier molecular flexibility index (Phi) is 3.93. The minimum Gasteiger partial charge on any atom is -0.362 e. The zero-order valence-electron chi connectivity index (χ0n) is 11.5. The summed E-state index contributed by atoms with van der Waals surface area (Å²) < 4.78 is 37.9. The maximum Gasteiger partial charge on any atom is 0.416 e. The van der Waals surface area contributed by atoms with Crippen LogP contribution in [0.25, 0.3) is 5.70 Å². The standard InChI is InChI=1S/C16H15F3N2/c1-10-8-13(16(17,18)19)4-5-15(10)12(3)21-14-6-7-20-11(2)9-14/h4-9,20-21H,2-3H2,1H3. The van der Waals surface area contributed by atoms with Crippen LogP contribution in [0.4, 0.5) is 13.2 Å². The van der Waals surface area contributed by atoms with Gasteiger partial charge >= 0.3 is 6.18 Å². The van der Waals surface area contributed by atoms with Crippen LogP contribution in [-0.4, -0.2) is 0 Å². The molecule has 0 bridgehead atoms. The summed E-state index contributed by atoms with van der Waals surface area (Å²) in [6.07, 6.45) is 0.956. The summed E-state index contributed by atoms with van der Waals surface area (Å²) in [5.41, 5.74) is 2.51. The number of halogens is 3. The molecule has 1 aromatic carbocycles. The zero-order valence-corrected chi connectivity index (χ0v) is 11.5. The van der Waals surface area contributed by atoms with Gasteiger partial charge < -0.3 is 10.6 Å². The highest BCUT2D eigenvalue weighted by atomic mass is 19.4. The molecule has 0 fully saturated rings. The number of alkyl halides is 3. The number of benzene rings is 1. The van der Waals surface area contributed by atoms with E-state index >= 15 is 0 Å². The molecule has 0 aliphatic carbocycles. The molecular formula is C16H15F3N2. The monoisotopic (exact) mass is 292 g/mol. The lowest BCUT2D eigenvalue weighted by Gasteiger charge is -2.17. The Hall–Kier alpha value is -2.43. The summed E-state index contributed by atoms with van der Waals surface area (Å²) >= 11 is 0. The van der Waals surface area contributed by atoms with Gasteiger partial charge in [0.25, 0.3) is 0 Å². The van der Waals surface area contributed by atoms with Gasteiger partial charge in [0.2, 0.25) is 0 Å². The van der Waals surface area contributed by atoms with E-state index in [1.807, 2.05) is 0 Å². The number of hydrogen-bond acceptors (Lipinski definition) is 2. The van der Waals surface area contributed by atoms with Gasteiger partial charge in [-0.05, 0) is 36.8 Å². The van der Waals surface area contributed by atoms with Crippen molar-refractivity contribution in [3.63, 3.8) is 0 Å². The van der Waals surface area contributed by atoms with Crippen molar-refractivity contribution in [2.24, 2.45) is 0 Å². The first-order chi connectivity index (χ1) is 9.77. The lowest BCUT2D eigenvalue weighted by Crippen LogP contribution is -2.16. The number of nitrogens with one attached hydrogen (secondary N) is 2. The van der Waals surface area contributed by atoms with E-state index in [1.54, 1.807) is 25.3 Å². The Balaban J connectivity index is 2.20. The smallest absolute Gasteiger partial charge is 0.362 e. The molecule has 0 saturated heterocycles. The summed E-state index contributed by atoms with van der Waals surface area (Å²) in [6, 6.07) is 3.60. The zero-order chi connectivity index (χ0) is 15.6. The van der Waals surface area contributed by atoms with Crippen LogP contribution in [0.5, 0.6) is 0 Å². The van der Waals surface area contributed by atoms with E-state index in [2.05, 4.69) is 23.8 Å². The van der Waals surface area contributed by atoms with Crippen molar-refractivity contribution in [2.75, 3.05) is 0 Å². The van der Waals surface area contributed by atoms with E-state index in [0.29, 0.717) is 16.8 Å². The van der Waals surface area contributed by atoms with E-state index < -0.39 is 11.7 Å². The van der Waals surface area contributed by atoms with Crippen LogP contribution in [0.2, 0.25) is 0 Å². The van der Waals surface area contributed by atoms with Gasteiger partial charge in [0.15, 0.2) is 0 Å². The van der Waals surface area contributed by atoms with Crippen LogP contribution in [0.1, 0.15) is 16.7 Å². The largest absolute Gasteiger partial charge is 0.416 e. The lowest BCUT2D eigenvalue weighted by atomic mass is 10.0. The average molecular weight is 292 g/mol. The molecule has 2 N–H and O–H groups in total. The maximum absolute atomic E-state index is 12.6. The van der Waals surface area contributed by atoms with E-state index in [-0.39, 0.29) is 0 Å². The van der Waals surface area contributed by atoms with Gasteiger partial charge in [-0.25, -0.2) is 0 Å². The van der Waals surface area contributed by atoms with E-state index in [0.717, 1.165) is 23.5 Å². The molecule has 0 aromatic heterocycles. The van der Waals surface area contributed by atoms with Crippen molar-refractivity contribution in [3.05, 3.63) is 77.8 Å². The summed E-state index contributed by atoms with van der Waals surface area (Å²) in [6.45, 7) is 9.27. The predicted octanol–water partition coefficient (Wildman–Crippen LogP) is 4.09. The Bertz CT molecular complexity index is 652. The molecule has 21 heavy (non-hydrogen) atoms. The molecule has 0 unspecified atom stereocenters. The minimum absolute atomic E-state index is 0.514. The Morgan fingerprint density at radius 2 is 2.00 bits per heavy atom. The molecule has 5 heteroatoms. The first-order valence-corrected chi connectivity index (χ1v) is 6.25. The van der Waals surface area contributed by atoms with Gasteiger partial charge in [0.1, 0.15) is 0 Å². The van der Waals surface area contributed by atoms with Crippen LogP contribution >= 0.6 is 0 Å². The van der Waals surface area contributed by atoms with Crippen LogP contribution < -0.4 is 10.6 Å². The highest BCUT2D eigenvalue weighted by Gasteiger charge is 2.30. The van der Waals surface area contributed by atoms with Crippen LogP contribution in [-0.2, 0) is 6.18 Å². The highest BCUT2D eigenvalue weighted by Crippen LogP contribution is 2.31. The molecule has 0 radical (unpaired) electrons. The fourth-order valence-electron chi connectivity index (χ4n) is 2.01. The average Bonchev–Trinajstić information content (AvgIpc) is 2.37. The lowest BCUT2D eigenvalue weighted by molar-refractivity contribution is -0.137. The quantitative estimate of drug-likeness (QED) is 0.877. The molecule has 0 saturated carbocycles. The topological polar surface area (TPSA) is 24.1 Å². The number of allylic oxidation sites excluding steroid dienone is 2. The molecule has 0 atom stereocenters. The molecule has 0 amide bonds. The first kappa shape index (κ1) is 15.0. The van der Waals surface area contributed by atoms with Crippen molar-refractivity contribution in [1.82, 2.24) is 10.6 Å². The Labute approximate surface area is 121 Å². The van der Waals surface area contributed by atoms with Gasteiger partial charge in [-0.2, -0.15) is 13.2 Å². The molecule has 1 aromatic rings. The van der Waals surface area contributed by atoms with Crippen LogP contribution in [0.15, 0.2) is 61.1 Å². The predicted molar refractivity (Wildman–Crippen MR) is 77.8 cm³/mol. The van der Waals surface area contributed by atoms with Crippen molar-refractivity contribution >= 4 is 5.70 Å². The SMILES string of the molecule is C=C1C=C(NC(=C)c2ccc(C(F)(F)F)cc2C)C=CN1. The molecule has 0 spiro atoms. The fourth-order valence-corrected chi connectivity index (χ4v) is 2.01. The van der Waals surface area contributed by atoms with E-state index in [1.165, 1.54) is 6.07 Å². The number of hydrogen-bond donors (Lipinski definition) is 2. The molecular weight excluding hydrogens is 277 g/mol. The number of aryl methyl sites for hydroxylation is 1. The number of dihydropyridines is 1. The Morgan fingerprint density at radius 3 is 2.57 bits per heavy atom. The fraction of sp³-hybridized carbons (Fsp3) is 0.125. The minimum atomic E-state index is -4.34. The third kappa shape index (κ3) is 3.56. The summed E-state index contributed by atoms with van der Waals surface area (Å²) in [4.78, 5) is 0. The number of rotatable bonds is 3. The second-order valence-corrected chi connectivity index (χ2v) is 4.73. The highest BCUT2D eigenvalue weighted by molar-refractivity contribution is 5.67. The van der Waals surface area contributed by atoms with Crippen molar-refractivity contribution < 1.29 is 13.2 Å². The van der Waals surface area contributed by atoms with Gasteiger partial charge in [0, 0.05) is 28.9 Å². The molecule has 1 aliphatic rings. The summed E-state index contributed by atoms with van der Waals surface area (Å²) in [5.74, 6) is 0. The van der Waals surface area contributed by atoms with E-state index in [4.69, 9.17) is 0 Å². The maximum atomic E-state index is 12.6. The van der Waals surface area contributed by atoms with Crippen LogP contribution in [0, 0.1) is 6.92 Å². The summed E-state index contributed by atoms with van der Waals surface area (Å²) in [5, 5.41) is 5.98. The third-order valence-electron chi connectivity index (χ3n) is 3.04. The van der Waals surface area contributed by atoms with Gasteiger partial charge in [-0.3, -0.25) is 0 Å². The van der Waals surface area contributed by atoms with Gasteiger partial charge in [-0.1, -0.05) is 19.2 Å². The molecule has 2 rings (SSSR count). The van der Waals surface area contributed by atoms with Crippen molar-refractivity contribution in [3.8, 4) is 0 Å². The van der Waals surface area contributed by atoms with Gasteiger partial charge in [0.05, 0.1) is 5.56 Å². The first-order valence-electron chi connectivity index (χ1n) is 6.25. The van der Waals surface area contributed by atoms with E-state index in [9.17, 15) is 13.2 Å². The second kappa shape index (κ2) is 5.52. The van der Waals surface area contributed by atoms with Crippen molar-refractivity contribution in [1.29, 1.82) is 0 Å². The third-order valence-corrected chi connectivity index (χ3v) is 3.04. The molecule has 1 heterocycles. The van der Waals surface area contributed by atoms with Gasteiger partial charge in [-0.15, -0.1) is 0 Å². The summed E-state index contributed by atoms with van der Waals surface area (Å²) in [7, 11) is 0. The second-order valence-electron chi connectivity index (χ2n) is 4.73.